The summed E-state index contributed by atoms with van der Waals surface area (Å²) in [6.45, 7) is 0.417. The largest absolute Gasteiger partial charge is 0.493 e. The number of hydrogen-bond donors (Lipinski definition) is 1. The topological polar surface area (TPSA) is 90.7 Å². The zero-order valence-corrected chi connectivity index (χ0v) is 18.5. The number of hydrogen-bond acceptors (Lipinski definition) is 7. The van der Waals surface area contributed by atoms with Crippen LogP contribution in [-0.4, -0.2) is 25.0 Å². The molecule has 3 aromatic rings. The van der Waals surface area contributed by atoms with Crippen LogP contribution in [0.1, 0.15) is 32.1 Å². The first-order valence-corrected chi connectivity index (χ1v) is 10.6. The van der Waals surface area contributed by atoms with Gasteiger partial charge in [-0.2, -0.15) is 0 Å². The Morgan fingerprint density at radius 3 is 2.58 bits per heavy atom. The Balaban J connectivity index is 1.90. The van der Waals surface area contributed by atoms with Gasteiger partial charge in [0.05, 0.1) is 35.1 Å². The van der Waals surface area contributed by atoms with Crippen molar-refractivity contribution in [3.05, 3.63) is 51.1 Å². The zero-order chi connectivity index (χ0) is 22.2. The molecule has 1 aromatic carbocycles. The molecule has 0 atom stereocenters. The van der Waals surface area contributed by atoms with Gasteiger partial charge in [-0.1, -0.05) is 36.0 Å². The van der Waals surface area contributed by atoms with E-state index in [4.69, 9.17) is 37.1 Å². The Hall–Kier alpha value is -2.77. The summed E-state index contributed by atoms with van der Waals surface area (Å²) in [5, 5.41) is 4.33. The average molecular weight is 465 g/mol. The van der Waals surface area contributed by atoms with Crippen LogP contribution in [0.4, 0.5) is 11.4 Å². The normalized spacial score (nSPS) is 10.8. The van der Waals surface area contributed by atoms with Gasteiger partial charge in [0.25, 0.3) is 0 Å². The van der Waals surface area contributed by atoms with Crippen LogP contribution < -0.4 is 20.4 Å². The van der Waals surface area contributed by atoms with Gasteiger partial charge in [0.2, 0.25) is 5.75 Å². The highest BCUT2D eigenvalue weighted by Gasteiger charge is 2.17. The summed E-state index contributed by atoms with van der Waals surface area (Å²) in [6.07, 6.45) is 7.95. The minimum Gasteiger partial charge on any atom is -0.493 e. The number of benzene rings is 1. The Bertz CT molecular complexity index is 1100. The number of pyridine rings is 1. The lowest BCUT2D eigenvalue weighted by Gasteiger charge is -2.15. The maximum atomic E-state index is 12.3. The van der Waals surface area contributed by atoms with E-state index in [9.17, 15) is 9.59 Å². The molecule has 2 aromatic heterocycles. The molecule has 0 fully saturated rings. The highest BCUT2D eigenvalue weighted by Crippen LogP contribution is 2.40. The molecule has 0 spiro atoms. The Morgan fingerprint density at radius 2 is 1.87 bits per heavy atom. The molecule has 31 heavy (non-hydrogen) atoms. The van der Waals surface area contributed by atoms with Crippen molar-refractivity contribution in [2.45, 2.75) is 32.1 Å². The lowest BCUT2D eigenvalue weighted by molar-refractivity contribution is -0.107. The van der Waals surface area contributed by atoms with Crippen molar-refractivity contribution in [2.75, 3.05) is 19.0 Å². The number of aromatic nitrogens is 1. The quantitative estimate of drug-likeness (QED) is 0.218. The Kier molecular flexibility index (Phi) is 8.14. The molecule has 0 saturated heterocycles. The van der Waals surface area contributed by atoms with E-state index in [0.29, 0.717) is 51.3 Å². The molecule has 0 bridgehead atoms. The number of unbranched alkanes of at least 4 members (excludes halogenated alkanes) is 4. The highest BCUT2D eigenvalue weighted by atomic mass is 35.5. The molecule has 0 aliphatic rings. The SMILES string of the molecule is COc1ccc2c(Nc3c(Cl)cncc3Cl)cc(=O)oc2c1OCCCCCCC=O. The summed E-state index contributed by atoms with van der Waals surface area (Å²) < 4.78 is 16.8. The van der Waals surface area contributed by atoms with Crippen LogP contribution in [0.3, 0.4) is 0 Å². The van der Waals surface area contributed by atoms with Crippen LogP contribution in [0.25, 0.3) is 11.0 Å². The third kappa shape index (κ3) is 5.68. The molecule has 0 amide bonds. The van der Waals surface area contributed by atoms with E-state index in [-0.39, 0.29) is 5.58 Å². The summed E-state index contributed by atoms with van der Waals surface area (Å²) in [7, 11) is 1.52. The second-order valence-electron chi connectivity index (χ2n) is 6.77. The van der Waals surface area contributed by atoms with Crippen molar-refractivity contribution in [1.82, 2.24) is 4.98 Å². The molecule has 7 nitrogen and oxygen atoms in total. The lowest BCUT2D eigenvalue weighted by Crippen LogP contribution is -2.05. The number of ether oxygens (including phenoxy) is 2. The summed E-state index contributed by atoms with van der Waals surface area (Å²) in [5.74, 6) is 0.800. The molecule has 2 heterocycles. The van der Waals surface area contributed by atoms with Gasteiger partial charge in [0, 0.05) is 30.3 Å². The first-order chi connectivity index (χ1) is 15.0. The molecular formula is C22H22Cl2N2O5. The first-order valence-electron chi connectivity index (χ1n) is 9.82. The fourth-order valence-corrected chi connectivity index (χ4v) is 3.57. The fourth-order valence-electron chi connectivity index (χ4n) is 3.11. The number of carbonyl (C=O) groups is 1. The van der Waals surface area contributed by atoms with Crippen molar-refractivity contribution in [3.63, 3.8) is 0 Å². The molecule has 0 unspecified atom stereocenters. The van der Waals surface area contributed by atoms with E-state index < -0.39 is 5.63 Å². The first kappa shape index (κ1) is 22.9. The van der Waals surface area contributed by atoms with Gasteiger partial charge in [0.1, 0.15) is 6.29 Å². The second-order valence-corrected chi connectivity index (χ2v) is 7.59. The van der Waals surface area contributed by atoms with E-state index in [0.717, 1.165) is 32.0 Å². The van der Waals surface area contributed by atoms with E-state index in [1.165, 1.54) is 25.6 Å². The van der Waals surface area contributed by atoms with Crippen LogP contribution in [0.5, 0.6) is 11.5 Å². The minimum absolute atomic E-state index is 0.261. The monoisotopic (exact) mass is 464 g/mol. The van der Waals surface area contributed by atoms with Crippen LogP contribution in [0.15, 0.2) is 39.8 Å². The average Bonchev–Trinajstić information content (AvgIpc) is 2.75. The predicted octanol–water partition coefficient (Wildman–Crippen LogP) is 5.78. The minimum atomic E-state index is -0.566. The van der Waals surface area contributed by atoms with Gasteiger partial charge in [-0.15, -0.1) is 0 Å². The summed E-state index contributed by atoms with van der Waals surface area (Å²) in [5.41, 5.74) is 0.585. The van der Waals surface area contributed by atoms with Crippen LogP contribution >= 0.6 is 23.2 Å². The molecule has 0 aliphatic heterocycles. The molecule has 1 N–H and O–H groups in total. The van der Waals surface area contributed by atoms with Crippen molar-refractivity contribution < 1.29 is 18.7 Å². The van der Waals surface area contributed by atoms with Gasteiger partial charge in [-0.3, -0.25) is 4.98 Å². The smallest absolute Gasteiger partial charge is 0.338 e. The third-order valence-electron chi connectivity index (χ3n) is 4.63. The second kappa shape index (κ2) is 11.0. The van der Waals surface area contributed by atoms with Gasteiger partial charge in [-0.05, 0) is 25.0 Å². The molecular weight excluding hydrogens is 443 g/mol. The predicted molar refractivity (Wildman–Crippen MR) is 121 cm³/mol. The number of nitrogens with zero attached hydrogens (tertiary/aromatic N) is 1. The number of rotatable bonds is 11. The maximum Gasteiger partial charge on any atom is 0.338 e. The summed E-state index contributed by atoms with van der Waals surface area (Å²) >= 11 is 12.4. The molecule has 0 radical (unpaired) electrons. The van der Waals surface area contributed by atoms with E-state index in [2.05, 4.69) is 10.3 Å². The molecule has 0 aliphatic carbocycles. The van der Waals surface area contributed by atoms with Gasteiger partial charge in [0.15, 0.2) is 11.3 Å². The Labute approximate surface area is 189 Å². The van der Waals surface area contributed by atoms with Gasteiger partial charge < -0.3 is 24.0 Å². The number of anilines is 2. The zero-order valence-electron chi connectivity index (χ0n) is 17.0. The lowest BCUT2D eigenvalue weighted by atomic mass is 10.1. The maximum absolute atomic E-state index is 12.3. The van der Waals surface area contributed by atoms with Crippen molar-refractivity contribution in [1.29, 1.82) is 0 Å². The third-order valence-corrected chi connectivity index (χ3v) is 5.20. The van der Waals surface area contributed by atoms with Gasteiger partial charge in [-0.25, -0.2) is 4.79 Å². The van der Waals surface area contributed by atoms with E-state index in [1.54, 1.807) is 12.1 Å². The number of halogens is 2. The summed E-state index contributed by atoms with van der Waals surface area (Å²) in [6, 6.07) is 4.82. The van der Waals surface area contributed by atoms with Crippen LogP contribution in [-0.2, 0) is 4.79 Å². The summed E-state index contributed by atoms with van der Waals surface area (Å²) in [4.78, 5) is 26.6. The van der Waals surface area contributed by atoms with Gasteiger partial charge >= 0.3 is 5.63 Å². The number of methoxy groups -OCH3 is 1. The van der Waals surface area contributed by atoms with E-state index in [1.807, 2.05) is 0 Å². The molecule has 164 valence electrons. The molecule has 9 heteroatoms. The molecule has 0 saturated carbocycles. The van der Waals surface area contributed by atoms with Crippen molar-refractivity contribution >= 4 is 51.8 Å². The number of nitrogens with one attached hydrogen (secondary N) is 1. The van der Waals surface area contributed by atoms with Crippen molar-refractivity contribution in [2.24, 2.45) is 0 Å². The highest BCUT2D eigenvalue weighted by molar-refractivity contribution is 6.39. The van der Waals surface area contributed by atoms with E-state index >= 15 is 0 Å². The van der Waals surface area contributed by atoms with Crippen molar-refractivity contribution in [3.8, 4) is 11.5 Å². The number of fused-ring (bicyclic) bond motifs is 1. The van der Waals surface area contributed by atoms with Crippen LogP contribution in [0, 0.1) is 0 Å². The Morgan fingerprint density at radius 1 is 1.13 bits per heavy atom. The molecule has 3 rings (SSSR count). The standard InChI is InChI=1S/C22H22Cl2N2O5/c1-29-18-8-7-14-17(26-20-15(23)12-25-13-16(20)24)11-19(28)31-21(14)22(18)30-10-6-4-2-3-5-9-27/h7-9,11-13H,2-6,10H2,1H3,(H,25,26). The van der Waals surface area contributed by atoms with Crippen LogP contribution in [0.2, 0.25) is 10.0 Å². The number of aldehydes is 1. The fraction of sp³-hybridized carbons (Fsp3) is 0.318. The number of carbonyl (C=O) groups excluding carboxylic acids is 1.